The molecule has 1 aromatic heterocycles. The first-order valence-corrected chi connectivity index (χ1v) is 9.37. The van der Waals surface area contributed by atoms with Gasteiger partial charge in [0.15, 0.2) is 5.43 Å². The Morgan fingerprint density at radius 2 is 1.86 bits per heavy atom. The Balaban J connectivity index is 1.70. The second-order valence-electron chi connectivity index (χ2n) is 7.22. The molecule has 0 spiro atoms. The van der Waals surface area contributed by atoms with E-state index < -0.39 is 6.04 Å². The predicted molar refractivity (Wildman–Crippen MR) is 101 cm³/mol. The van der Waals surface area contributed by atoms with E-state index in [0.29, 0.717) is 35.2 Å². The fourth-order valence-electron chi connectivity index (χ4n) is 4.15. The van der Waals surface area contributed by atoms with Crippen LogP contribution in [0, 0.1) is 5.82 Å². The Morgan fingerprint density at radius 3 is 2.61 bits per heavy atom. The summed E-state index contributed by atoms with van der Waals surface area (Å²) in [5, 5.41) is 0.431. The van der Waals surface area contributed by atoms with Gasteiger partial charge in [0, 0.05) is 13.2 Å². The molecule has 0 saturated carbocycles. The summed E-state index contributed by atoms with van der Waals surface area (Å²) < 4.78 is 25.0. The minimum absolute atomic E-state index is 0.0658. The molecule has 28 heavy (non-hydrogen) atoms. The van der Waals surface area contributed by atoms with Crippen LogP contribution in [-0.4, -0.2) is 30.1 Å². The van der Waals surface area contributed by atoms with Gasteiger partial charge in [-0.1, -0.05) is 24.3 Å². The molecule has 2 aliphatic heterocycles. The van der Waals surface area contributed by atoms with Crippen LogP contribution in [0.25, 0.3) is 11.0 Å². The van der Waals surface area contributed by atoms with Crippen LogP contribution in [0.4, 0.5) is 4.39 Å². The molecule has 0 aliphatic carbocycles. The molecule has 142 valence electrons. The third-order valence-electron chi connectivity index (χ3n) is 5.48. The van der Waals surface area contributed by atoms with Crippen molar-refractivity contribution in [2.45, 2.75) is 25.0 Å². The van der Waals surface area contributed by atoms with Crippen molar-refractivity contribution in [2.24, 2.45) is 0 Å². The zero-order chi connectivity index (χ0) is 19.3. The van der Waals surface area contributed by atoms with Crippen molar-refractivity contribution in [2.75, 3.05) is 13.2 Å². The number of carbonyl (C=O) groups is 1. The van der Waals surface area contributed by atoms with Gasteiger partial charge in [0.05, 0.1) is 23.1 Å². The van der Waals surface area contributed by atoms with E-state index in [1.165, 1.54) is 12.1 Å². The van der Waals surface area contributed by atoms with E-state index in [0.717, 1.165) is 12.8 Å². The van der Waals surface area contributed by atoms with Crippen molar-refractivity contribution >= 4 is 16.9 Å². The van der Waals surface area contributed by atoms with Gasteiger partial charge >= 0.3 is 0 Å². The first-order chi connectivity index (χ1) is 13.6. The summed E-state index contributed by atoms with van der Waals surface area (Å²) in [4.78, 5) is 28.1. The van der Waals surface area contributed by atoms with Crippen molar-refractivity contribution in [3.63, 3.8) is 0 Å². The molecule has 1 amide bonds. The average molecular weight is 379 g/mol. The number of amides is 1. The highest BCUT2D eigenvalue weighted by Crippen LogP contribution is 2.38. The highest BCUT2D eigenvalue weighted by atomic mass is 19.1. The number of para-hydroxylation sites is 1. The second kappa shape index (κ2) is 6.56. The summed E-state index contributed by atoms with van der Waals surface area (Å²) in [5.41, 5.74) is 1.15. The van der Waals surface area contributed by atoms with Gasteiger partial charge in [0.25, 0.3) is 5.91 Å². The fourth-order valence-corrected chi connectivity index (χ4v) is 4.15. The second-order valence-corrected chi connectivity index (χ2v) is 7.22. The van der Waals surface area contributed by atoms with E-state index in [1.54, 1.807) is 41.3 Å². The summed E-state index contributed by atoms with van der Waals surface area (Å²) in [6.45, 7) is 1.03. The smallest absolute Gasteiger partial charge is 0.291 e. The van der Waals surface area contributed by atoms with E-state index in [4.69, 9.17) is 9.15 Å². The van der Waals surface area contributed by atoms with Crippen molar-refractivity contribution in [3.8, 4) is 0 Å². The number of hydrogen-bond acceptors (Lipinski definition) is 4. The molecule has 0 radical (unpaired) electrons. The van der Waals surface area contributed by atoms with Gasteiger partial charge in [0.1, 0.15) is 11.4 Å². The maximum Gasteiger partial charge on any atom is 0.291 e. The molecule has 2 atom stereocenters. The molecule has 3 heterocycles. The van der Waals surface area contributed by atoms with Crippen molar-refractivity contribution in [1.82, 2.24) is 4.90 Å². The molecule has 1 saturated heterocycles. The topological polar surface area (TPSA) is 59.8 Å². The van der Waals surface area contributed by atoms with Gasteiger partial charge in [-0.25, -0.2) is 4.39 Å². The Bertz CT molecular complexity index is 1120. The third kappa shape index (κ3) is 2.64. The molecule has 5 rings (SSSR count). The minimum atomic E-state index is -0.617. The number of hydrogen-bond donors (Lipinski definition) is 0. The number of ether oxygens (including phenoxy) is 1. The van der Waals surface area contributed by atoms with Crippen LogP contribution in [-0.2, 0) is 4.74 Å². The van der Waals surface area contributed by atoms with E-state index in [1.807, 2.05) is 0 Å². The number of carbonyl (C=O) groups excluding carboxylic acids is 1. The first-order valence-electron chi connectivity index (χ1n) is 9.37. The molecule has 0 unspecified atom stereocenters. The zero-order valence-electron chi connectivity index (χ0n) is 15.1. The van der Waals surface area contributed by atoms with Crippen LogP contribution in [0.2, 0.25) is 0 Å². The van der Waals surface area contributed by atoms with Crippen LogP contribution >= 0.6 is 0 Å². The van der Waals surface area contributed by atoms with Crippen LogP contribution in [0.1, 0.15) is 40.6 Å². The lowest BCUT2D eigenvalue weighted by atomic mass is 9.98. The monoisotopic (exact) mass is 379 g/mol. The number of halogens is 1. The lowest BCUT2D eigenvalue weighted by molar-refractivity contribution is 0.0486. The third-order valence-corrected chi connectivity index (χ3v) is 5.48. The van der Waals surface area contributed by atoms with Gasteiger partial charge in [-0.2, -0.15) is 0 Å². The van der Waals surface area contributed by atoms with E-state index in [9.17, 15) is 14.0 Å². The summed E-state index contributed by atoms with van der Waals surface area (Å²) in [7, 11) is 0. The van der Waals surface area contributed by atoms with Gasteiger partial charge in [-0.05, 0) is 42.7 Å². The number of nitrogens with zero attached hydrogens (tertiary/aromatic N) is 1. The number of fused-ring (bicyclic) bond motifs is 2. The standard InChI is InChI=1S/C22H18FNO4/c23-14-9-7-13(8-10-14)19-18-20(25)16-5-1-2-6-17(16)28-21(18)22(26)24(19)12-15-4-3-11-27-15/h1-2,5-10,15,19H,3-4,11-12H2/t15-,19+/m1/s1. The summed E-state index contributed by atoms with van der Waals surface area (Å²) >= 11 is 0. The molecule has 0 bridgehead atoms. The lowest BCUT2D eigenvalue weighted by Gasteiger charge is -2.27. The molecule has 3 aromatic rings. The molecule has 2 aromatic carbocycles. The zero-order valence-corrected chi connectivity index (χ0v) is 15.1. The fraction of sp³-hybridized carbons (Fsp3) is 0.273. The molecule has 2 aliphatic rings. The molecule has 6 heteroatoms. The predicted octanol–water partition coefficient (Wildman–Crippen LogP) is 3.66. The van der Waals surface area contributed by atoms with E-state index >= 15 is 0 Å². The lowest BCUT2D eigenvalue weighted by Crippen LogP contribution is -2.36. The summed E-state index contributed by atoms with van der Waals surface area (Å²) in [6.07, 6.45) is 1.73. The highest BCUT2D eigenvalue weighted by Gasteiger charge is 2.43. The molecular weight excluding hydrogens is 361 g/mol. The maximum atomic E-state index is 13.5. The van der Waals surface area contributed by atoms with Gasteiger partial charge in [-0.3, -0.25) is 9.59 Å². The van der Waals surface area contributed by atoms with Crippen LogP contribution in [0.5, 0.6) is 0 Å². The largest absolute Gasteiger partial charge is 0.450 e. The SMILES string of the molecule is O=C1c2oc3ccccc3c(=O)c2[C@H](c2ccc(F)cc2)N1C[C@H]1CCCO1. The molecule has 5 nitrogen and oxygen atoms in total. The summed E-state index contributed by atoms with van der Waals surface area (Å²) in [6, 6.07) is 12.2. The molecule has 1 fully saturated rings. The number of rotatable bonds is 3. The molecular formula is C22H18FNO4. The van der Waals surface area contributed by atoms with Gasteiger partial charge < -0.3 is 14.1 Å². The summed E-state index contributed by atoms with van der Waals surface area (Å²) in [5.74, 6) is -0.636. The Morgan fingerprint density at radius 1 is 1.07 bits per heavy atom. The Kier molecular flexibility index (Phi) is 4.02. The van der Waals surface area contributed by atoms with Gasteiger partial charge in [0.2, 0.25) is 5.76 Å². The number of benzene rings is 2. The Labute approximate surface area is 160 Å². The van der Waals surface area contributed by atoms with Crippen LogP contribution < -0.4 is 5.43 Å². The van der Waals surface area contributed by atoms with E-state index in [2.05, 4.69) is 0 Å². The molecule has 0 N–H and O–H groups in total. The van der Waals surface area contributed by atoms with Crippen molar-refractivity contribution in [3.05, 3.63) is 81.5 Å². The Hall–Kier alpha value is -2.99. The van der Waals surface area contributed by atoms with Crippen LogP contribution in [0.15, 0.2) is 57.7 Å². The maximum absolute atomic E-state index is 13.5. The van der Waals surface area contributed by atoms with Crippen LogP contribution in [0.3, 0.4) is 0 Å². The van der Waals surface area contributed by atoms with Crippen molar-refractivity contribution < 1.29 is 18.3 Å². The van der Waals surface area contributed by atoms with E-state index in [-0.39, 0.29) is 29.0 Å². The average Bonchev–Trinajstić information content (AvgIpc) is 3.31. The quantitative estimate of drug-likeness (QED) is 0.697. The minimum Gasteiger partial charge on any atom is -0.450 e. The first kappa shape index (κ1) is 17.1. The normalized spacial score (nSPS) is 21.5. The van der Waals surface area contributed by atoms with Crippen molar-refractivity contribution in [1.29, 1.82) is 0 Å². The highest BCUT2D eigenvalue weighted by molar-refractivity contribution is 5.99. The van der Waals surface area contributed by atoms with Gasteiger partial charge in [-0.15, -0.1) is 0 Å².